The first-order valence-corrected chi connectivity index (χ1v) is 7.92. The number of thioether (sulfide) groups is 1. The Morgan fingerprint density at radius 3 is 2.45 bits per heavy atom. The first kappa shape index (κ1) is 15.1. The van der Waals surface area contributed by atoms with Gasteiger partial charge in [-0.25, -0.2) is 0 Å². The number of hydrogen-bond acceptors (Lipinski definition) is 3. The summed E-state index contributed by atoms with van der Waals surface area (Å²) in [5.74, 6) is 0. The Morgan fingerprint density at radius 1 is 1.10 bits per heavy atom. The van der Waals surface area contributed by atoms with Crippen LogP contribution in [0.1, 0.15) is 37.9 Å². The Kier molecular flexibility index (Phi) is 5.62. The van der Waals surface area contributed by atoms with Crippen molar-refractivity contribution < 1.29 is 0 Å². The maximum absolute atomic E-state index is 4.13. The lowest BCUT2D eigenvalue weighted by Gasteiger charge is -2.15. The first-order chi connectivity index (χ1) is 9.65. The minimum atomic E-state index is 0.341. The van der Waals surface area contributed by atoms with E-state index in [1.54, 1.807) is 6.20 Å². The van der Waals surface area contributed by atoms with Crippen molar-refractivity contribution in [2.24, 2.45) is 0 Å². The van der Waals surface area contributed by atoms with E-state index >= 15 is 0 Å². The molecule has 0 aliphatic rings. The first-order valence-electron chi connectivity index (χ1n) is 7.04. The lowest BCUT2D eigenvalue weighted by molar-refractivity contribution is 0.573. The molecule has 2 aromatic rings. The highest BCUT2D eigenvalue weighted by Crippen LogP contribution is 2.24. The van der Waals surface area contributed by atoms with Gasteiger partial charge >= 0.3 is 0 Å². The predicted molar refractivity (Wildman–Crippen MR) is 86.9 cm³/mol. The van der Waals surface area contributed by atoms with Crippen molar-refractivity contribution in [1.82, 2.24) is 10.3 Å². The van der Waals surface area contributed by atoms with E-state index in [0.717, 1.165) is 6.54 Å². The average Bonchev–Trinajstić information content (AvgIpc) is 2.46. The number of nitrogens with one attached hydrogen (secondary N) is 1. The lowest BCUT2D eigenvalue weighted by atomic mass is 10.1. The van der Waals surface area contributed by atoms with E-state index in [1.165, 1.54) is 16.0 Å². The van der Waals surface area contributed by atoms with E-state index in [1.807, 2.05) is 24.0 Å². The summed E-state index contributed by atoms with van der Waals surface area (Å²) in [5, 5.41) is 4.16. The van der Waals surface area contributed by atoms with Crippen LogP contribution in [-0.2, 0) is 6.54 Å². The molecular formula is C17H22N2S. The summed E-state index contributed by atoms with van der Waals surface area (Å²) < 4.78 is 0. The van der Waals surface area contributed by atoms with E-state index in [-0.39, 0.29) is 0 Å². The number of hydrogen-bond donors (Lipinski definition) is 1. The highest BCUT2D eigenvalue weighted by atomic mass is 32.2. The minimum absolute atomic E-state index is 0.341. The zero-order chi connectivity index (χ0) is 14.4. The summed E-state index contributed by atoms with van der Waals surface area (Å²) in [5.41, 5.74) is 2.54. The molecule has 2 nitrogen and oxygen atoms in total. The molecule has 0 aliphatic heterocycles. The fourth-order valence-electron chi connectivity index (χ4n) is 2.00. The SMILES string of the molecule is CC(C)Sc1ccc(C(C)NCc2cccnc2)cc1. The maximum Gasteiger partial charge on any atom is 0.0312 e. The van der Waals surface area contributed by atoms with Crippen LogP contribution in [0.5, 0.6) is 0 Å². The van der Waals surface area contributed by atoms with Crippen LogP contribution in [0.25, 0.3) is 0 Å². The molecule has 20 heavy (non-hydrogen) atoms. The van der Waals surface area contributed by atoms with Gasteiger partial charge in [0, 0.05) is 35.1 Å². The van der Waals surface area contributed by atoms with E-state index in [4.69, 9.17) is 0 Å². The third-order valence-electron chi connectivity index (χ3n) is 3.09. The summed E-state index contributed by atoms with van der Waals surface area (Å²) in [6, 6.07) is 13.3. The van der Waals surface area contributed by atoms with Crippen LogP contribution >= 0.6 is 11.8 Å². The Bertz CT molecular complexity index is 508. The molecule has 0 amide bonds. The smallest absolute Gasteiger partial charge is 0.0312 e. The van der Waals surface area contributed by atoms with E-state index in [9.17, 15) is 0 Å². The number of aromatic nitrogens is 1. The highest BCUT2D eigenvalue weighted by molar-refractivity contribution is 7.99. The molecule has 0 fully saturated rings. The van der Waals surface area contributed by atoms with Crippen molar-refractivity contribution in [2.45, 2.75) is 43.5 Å². The molecule has 1 aromatic heterocycles. The van der Waals surface area contributed by atoms with Gasteiger partial charge in [0.25, 0.3) is 0 Å². The molecule has 3 heteroatoms. The van der Waals surface area contributed by atoms with Gasteiger partial charge in [0.1, 0.15) is 0 Å². The van der Waals surface area contributed by atoms with Crippen LogP contribution in [-0.4, -0.2) is 10.2 Å². The van der Waals surface area contributed by atoms with Crippen LogP contribution in [0.4, 0.5) is 0 Å². The van der Waals surface area contributed by atoms with Gasteiger partial charge in [-0.3, -0.25) is 4.98 Å². The van der Waals surface area contributed by atoms with Gasteiger partial charge < -0.3 is 5.32 Å². The summed E-state index contributed by atoms with van der Waals surface area (Å²) in [4.78, 5) is 5.47. The van der Waals surface area contributed by atoms with Crippen LogP contribution in [0.2, 0.25) is 0 Å². The quantitative estimate of drug-likeness (QED) is 0.795. The molecule has 0 spiro atoms. The molecule has 0 bridgehead atoms. The predicted octanol–water partition coefficient (Wildman–Crippen LogP) is 4.43. The minimum Gasteiger partial charge on any atom is -0.306 e. The molecule has 106 valence electrons. The number of rotatable bonds is 6. The van der Waals surface area contributed by atoms with Gasteiger partial charge in [0.05, 0.1) is 0 Å². The summed E-state index contributed by atoms with van der Waals surface area (Å²) in [6.45, 7) is 7.48. The molecule has 1 N–H and O–H groups in total. The zero-order valence-corrected chi connectivity index (χ0v) is 13.2. The summed E-state index contributed by atoms with van der Waals surface area (Å²) in [6.07, 6.45) is 3.71. The van der Waals surface area contributed by atoms with Crippen molar-refractivity contribution in [3.8, 4) is 0 Å². The van der Waals surface area contributed by atoms with Crippen molar-refractivity contribution in [3.63, 3.8) is 0 Å². The van der Waals surface area contributed by atoms with Gasteiger partial charge in [-0.05, 0) is 36.2 Å². The Labute approximate surface area is 126 Å². The summed E-state index contributed by atoms with van der Waals surface area (Å²) >= 11 is 1.90. The largest absolute Gasteiger partial charge is 0.306 e. The molecule has 0 radical (unpaired) electrons. The Hall–Kier alpha value is -1.32. The van der Waals surface area contributed by atoms with Crippen LogP contribution in [0.3, 0.4) is 0 Å². The Balaban J connectivity index is 1.90. The fourth-order valence-corrected chi connectivity index (χ4v) is 2.84. The second-order valence-electron chi connectivity index (χ2n) is 5.20. The number of nitrogens with zero attached hydrogens (tertiary/aromatic N) is 1. The molecule has 0 aliphatic carbocycles. The molecule has 1 heterocycles. The van der Waals surface area contributed by atoms with E-state index in [0.29, 0.717) is 11.3 Å². The lowest BCUT2D eigenvalue weighted by Crippen LogP contribution is -2.18. The maximum atomic E-state index is 4.13. The second kappa shape index (κ2) is 7.46. The van der Waals surface area contributed by atoms with Gasteiger partial charge in [0.15, 0.2) is 0 Å². The standard InChI is InChI=1S/C17H22N2S/c1-13(2)20-17-8-6-16(7-9-17)14(3)19-12-15-5-4-10-18-11-15/h4-11,13-14,19H,12H2,1-3H3. The van der Waals surface area contributed by atoms with Crippen molar-refractivity contribution in [1.29, 1.82) is 0 Å². The average molecular weight is 286 g/mol. The van der Waals surface area contributed by atoms with Gasteiger partial charge in [-0.15, -0.1) is 11.8 Å². The topological polar surface area (TPSA) is 24.9 Å². The zero-order valence-electron chi connectivity index (χ0n) is 12.3. The van der Waals surface area contributed by atoms with Crippen molar-refractivity contribution >= 4 is 11.8 Å². The number of benzene rings is 1. The molecule has 2 rings (SSSR count). The van der Waals surface area contributed by atoms with E-state index in [2.05, 4.69) is 61.4 Å². The molecule has 1 unspecified atom stereocenters. The van der Waals surface area contributed by atoms with Crippen molar-refractivity contribution in [3.05, 3.63) is 59.9 Å². The van der Waals surface area contributed by atoms with Gasteiger partial charge in [0.2, 0.25) is 0 Å². The van der Waals surface area contributed by atoms with Crippen LogP contribution in [0.15, 0.2) is 53.7 Å². The van der Waals surface area contributed by atoms with E-state index < -0.39 is 0 Å². The molecule has 0 saturated heterocycles. The monoisotopic (exact) mass is 286 g/mol. The third-order valence-corrected chi connectivity index (χ3v) is 4.10. The molecule has 1 atom stereocenters. The normalized spacial score (nSPS) is 12.6. The van der Waals surface area contributed by atoms with Crippen molar-refractivity contribution in [2.75, 3.05) is 0 Å². The summed E-state index contributed by atoms with van der Waals surface area (Å²) in [7, 11) is 0. The fraction of sp³-hybridized carbons (Fsp3) is 0.353. The van der Waals surface area contributed by atoms with Crippen LogP contribution < -0.4 is 5.32 Å². The third kappa shape index (κ3) is 4.66. The molecule has 1 aromatic carbocycles. The molecular weight excluding hydrogens is 264 g/mol. The Morgan fingerprint density at radius 2 is 1.85 bits per heavy atom. The van der Waals surface area contributed by atoms with Crippen LogP contribution in [0, 0.1) is 0 Å². The highest BCUT2D eigenvalue weighted by Gasteiger charge is 2.05. The van der Waals surface area contributed by atoms with Gasteiger partial charge in [-0.1, -0.05) is 32.0 Å². The number of pyridine rings is 1. The molecule has 0 saturated carbocycles. The second-order valence-corrected chi connectivity index (χ2v) is 6.85. The van der Waals surface area contributed by atoms with Gasteiger partial charge in [-0.2, -0.15) is 0 Å².